The molecule has 13 heteroatoms. The summed E-state index contributed by atoms with van der Waals surface area (Å²) < 4.78 is 12.1. The monoisotopic (exact) mass is 536 g/mol. The summed E-state index contributed by atoms with van der Waals surface area (Å²) in [6, 6.07) is 0.624. The molecule has 0 spiro atoms. The Hall–Kier alpha value is -2.64. The molecule has 0 saturated carbocycles. The molecule has 2 aliphatic heterocycles. The first kappa shape index (κ1) is 29.9. The molecule has 0 bridgehead atoms. The molecule has 0 aromatic carbocycles. The molecule has 38 heavy (non-hydrogen) atoms. The van der Waals surface area contributed by atoms with Crippen LogP contribution in [0, 0.1) is 0 Å². The summed E-state index contributed by atoms with van der Waals surface area (Å²) in [5.74, 6) is 0.706. The van der Waals surface area contributed by atoms with E-state index in [0.29, 0.717) is 43.9 Å². The van der Waals surface area contributed by atoms with Gasteiger partial charge in [0.05, 0.1) is 6.54 Å². The third kappa shape index (κ3) is 8.18. The number of H-pyrrole nitrogens is 1. The molecule has 0 aliphatic carbocycles. The summed E-state index contributed by atoms with van der Waals surface area (Å²) >= 11 is 0. The fourth-order valence-corrected chi connectivity index (χ4v) is 5.90. The van der Waals surface area contributed by atoms with Gasteiger partial charge in [-0.3, -0.25) is 10.3 Å². The van der Waals surface area contributed by atoms with Gasteiger partial charge >= 0.3 is 6.01 Å². The molecule has 3 rings (SSSR count). The average molecular weight is 537 g/mol. The predicted molar refractivity (Wildman–Crippen MR) is 149 cm³/mol. The lowest BCUT2D eigenvalue weighted by atomic mass is 9.80. The number of hydroxylamine groups is 2. The van der Waals surface area contributed by atoms with E-state index in [-0.39, 0.29) is 29.2 Å². The molecular formula is C25H48N10O3. The molecule has 0 radical (unpaired) electrons. The van der Waals surface area contributed by atoms with E-state index in [4.69, 9.17) is 15.2 Å². The second kappa shape index (κ2) is 11.2. The Morgan fingerprint density at radius 3 is 2.24 bits per heavy atom. The first-order valence-electron chi connectivity index (χ1n) is 13.3. The van der Waals surface area contributed by atoms with E-state index in [1.165, 1.54) is 5.06 Å². The number of nitrogens with zero attached hydrogens (tertiary/aromatic N) is 5. The molecule has 13 nitrogen and oxygen atoms in total. The lowest BCUT2D eigenvalue weighted by molar-refractivity contribution is -0.255. The van der Waals surface area contributed by atoms with Gasteiger partial charge in [0.2, 0.25) is 5.95 Å². The zero-order chi connectivity index (χ0) is 28.4. The molecular weight excluding hydrogens is 488 g/mol. The van der Waals surface area contributed by atoms with E-state index >= 15 is 0 Å². The molecule has 3 heterocycles. The number of hydrogen-bond donors (Lipinski definition) is 6. The van der Waals surface area contributed by atoms with Crippen LogP contribution in [-0.4, -0.2) is 91.9 Å². The van der Waals surface area contributed by atoms with Crippen LogP contribution in [0.5, 0.6) is 6.01 Å². The minimum Gasteiger partial charge on any atom is -0.462 e. The lowest BCUT2D eigenvalue weighted by Crippen LogP contribution is -2.61. The van der Waals surface area contributed by atoms with Gasteiger partial charge < -0.3 is 31.0 Å². The summed E-state index contributed by atoms with van der Waals surface area (Å²) in [6.07, 6.45) is 2.93. The summed E-state index contributed by atoms with van der Waals surface area (Å²) in [4.78, 5) is 12.9. The van der Waals surface area contributed by atoms with E-state index in [1.807, 2.05) is 27.7 Å². The third-order valence-electron chi connectivity index (χ3n) is 6.89. The largest absolute Gasteiger partial charge is 0.462 e. The summed E-state index contributed by atoms with van der Waals surface area (Å²) in [6.45, 7) is 17.6. The Morgan fingerprint density at radius 2 is 1.66 bits per heavy atom. The lowest BCUT2D eigenvalue weighted by Gasteiger charge is -2.51. The summed E-state index contributed by atoms with van der Waals surface area (Å²) in [7, 11) is 1.63. The van der Waals surface area contributed by atoms with Gasteiger partial charge in [-0.15, -0.1) is 5.10 Å². The van der Waals surface area contributed by atoms with Gasteiger partial charge in [-0.1, -0.05) is 0 Å². The Balaban J connectivity index is 1.44. The highest BCUT2D eigenvalue weighted by atomic mass is 16.5. The Bertz CT molecular complexity index is 967. The molecule has 1 aromatic heterocycles. The fourth-order valence-electron chi connectivity index (χ4n) is 5.90. The Kier molecular flexibility index (Phi) is 8.84. The van der Waals surface area contributed by atoms with Crippen LogP contribution >= 0.6 is 0 Å². The molecule has 0 atom stereocenters. The number of piperidine rings is 2. The molecule has 0 unspecified atom stereocenters. The van der Waals surface area contributed by atoms with Crippen molar-refractivity contribution in [3.05, 3.63) is 0 Å². The number of aromatic nitrogens is 3. The number of amidine groups is 1. The van der Waals surface area contributed by atoms with E-state index in [0.717, 1.165) is 12.8 Å². The highest BCUT2D eigenvalue weighted by Gasteiger charge is 2.46. The fraction of sp³-hybridized carbons (Fsp3) is 0.840. The van der Waals surface area contributed by atoms with Crippen LogP contribution in [0.3, 0.4) is 0 Å². The van der Waals surface area contributed by atoms with Crippen molar-refractivity contribution in [1.82, 2.24) is 30.9 Å². The van der Waals surface area contributed by atoms with Crippen molar-refractivity contribution < 1.29 is 14.7 Å². The van der Waals surface area contributed by atoms with Crippen LogP contribution in [-0.2, 0) is 4.74 Å². The Labute approximate surface area is 226 Å². The number of nitrogens with two attached hydrogens (primary N) is 1. The van der Waals surface area contributed by atoms with Crippen LogP contribution in [0.4, 0.5) is 5.95 Å². The van der Waals surface area contributed by atoms with Crippen molar-refractivity contribution in [1.29, 1.82) is 0 Å². The highest BCUT2D eigenvalue weighted by molar-refractivity contribution is 5.95. The molecule has 7 N–H and O–H groups in total. The van der Waals surface area contributed by atoms with Crippen molar-refractivity contribution in [3.63, 3.8) is 0 Å². The molecule has 1 aromatic rings. The van der Waals surface area contributed by atoms with Gasteiger partial charge in [-0.25, -0.2) is 10.1 Å². The summed E-state index contributed by atoms with van der Waals surface area (Å²) in [5, 5.41) is 28.7. The van der Waals surface area contributed by atoms with Gasteiger partial charge in [0, 0.05) is 61.4 Å². The molecule has 0 amide bonds. The number of guanidine groups is 1. The van der Waals surface area contributed by atoms with E-state index < -0.39 is 11.1 Å². The highest BCUT2D eigenvalue weighted by Crippen LogP contribution is 2.38. The predicted octanol–water partition coefficient (Wildman–Crippen LogP) is 2.22. The smallest absolute Gasteiger partial charge is 0.337 e. The van der Waals surface area contributed by atoms with E-state index in [9.17, 15) is 5.21 Å². The molecule has 2 saturated heterocycles. The van der Waals surface area contributed by atoms with Crippen LogP contribution < -0.4 is 26.4 Å². The number of anilines is 1. The van der Waals surface area contributed by atoms with Crippen molar-refractivity contribution in [2.24, 2.45) is 15.7 Å². The minimum absolute atomic E-state index is 0.0205. The first-order chi connectivity index (χ1) is 17.5. The second-order valence-electron chi connectivity index (χ2n) is 12.9. The Morgan fingerprint density at radius 1 is 1.05 bits per heavy atom. The van der Waals surface area contributed by atoms with Crippen molar-refractivity contribution in [2.45, 2.75) is 115 Å². The SMILES string of the molecule is CN=C(NC(N)=NCCNc1nc(OC2CC(C)(C)NC(C)(C)C2)n[nH]1)OC1CC(C)(C)N(O)C(C)(C)C1. The van der Waals surface area contributed by atoms with Crippen LogP contribution in [0.25, 0.3) is 0 Å². The number of hydrogen-bond acceptors (Lipinski definition) is 10. The zero-order valence-corrected chi connectivity index (χ0v) is 24.5. The number of rotatable bonds is 7. The maximum absolute atomic E-state index is 10.5. The standard InChI is InChI=1S/C25H48N10O3/c1-22(2)12-16(13-23(3,4)34-22)38-21-31-19(32-33-21)29-11-10-28-18(26)30-20(27-9)37-17-14-24(5,6)35(36)25(7,8)15-17/h16-17,34,36H,10-15H2,1-9H3,(H3,26,27,28,30)(H2,29,31,32,33). The van der Waals surface area contributed by atoms with Crippen molar-refractivity contribution in [2.75, 3.05) is 25.5 Å². The van der Waals surface area contributed by atoms with Gasteiger partial charge in [0.25, 0.3) is 6.02 Å². The quantitative estimate of drug-likeness (QED) is 0.172. The summed E-state index contributed by atoms with van der Waals surface area (Å²) in [5.41, 5.74) is 5.16. The second-order valence-corrected chi connectivity index (χ2v) is 12.9. The van der Waals surface area contributed by atoms with Gasteiger partial charge in [-0.2, -0.15) is 10.0 Å². The number of aliphatic imine (C=N–C) groups is 2. The topological polar surface area (TPSA) is 170 Å². The zero-order valence-electron chi connectivity index (χ0n) is 24.5. The molecule has 2 aliphatic rings. The normalized spacial score (nSPS) is 24.2. The van der Waals surface area contributed by atoms with Crippen LogP contribution in [0.1, 0.15) is 81.1 Å². The molecule has 216 valence electrons. The van der Waals surface area contributed by atoms with Gasteiger partial charge in [0.1, 0.15) is 12.2 Å². The average Bonchev–Trinajstić information content (AvgIpc) is 3.19. The minimum atomic E-state index is -0.428. The maximum atomic E-state index is 10.5. The maximum Gasteiger partial charge on any atom is 0.337 e. The number of nitrogens with one attached hydrogen (secondary N) is 4. The van der Waals surface area contributed by atoms with Crippen LogP contribution in [0.2, 0.25) is 0 Å². The number of ether oxygens (including phenoxy) is 2. The van der Waals surface area contributed by atoms with Gasteiger partial charge in [-0.05, 0) is 55.4 Å². The third-order valence-corrected chi connectivity index (χ3v) is 6.89. The molecule has 2 fully saturated rings. The first-order valence-corrected chi connectivity index (χ1v) is 13.3. The van der Waals surface area contributed by atoms with E-state index in [1.54, 1.807) is 7.05 Å². The van der Waals surface area contributed by atoms with Gasteiger partial charge in [0.15, 0.2) is 5.96 Å². The van der Waals surface area contributed by atoms with Crippen molar-refractivity contribution >= 4 is 17.9 Å². The number of aromatic amines is 1. The van der Waals surface area contributed by atoms with Crippen LogP contribution in [0.15, 0.2) is 9.98 Å². The van der Waals surface area contributed by atoms with Crippen molar-refractivity contribution in [3.8, 4) is 6.01 Å². The van der Waals surface area contributed by atoms with E-state index in [2.05, 4.69) is 68.8 Å².